The van der Waals surface area contributed by atoms with E-state index >= 15 is 0 Å². The van der Waals surface area contributed by atoms with E-state index in [1.54, 1.807) is 13.1 Å². The second kappa shape index (κ2) is 13.2. The number of unbranched alkanes of at least 4 members (excludes halogenated alkanes) is 1. The van der Waals surface area contributed by atoms with Gasteiger partial charge in [-0.3, -0.25) is 9.59 Å². The number of carboxylic acid groups (broad SMARTS) is 1. The largest absolute Gasteiger partial charge is 0.481 e. The molecule has 2 aromatic rings. The van der Waals surface area contributed by atoms with E-state index in [0.717, 1.165) is 11.1 Å². The minimum absolute atomic E-state index is 0.0180. The maximum Gasteiger partial charge on any atom is 0.308 e. The molecule has 0 radical (unpaired) electrons. The van der Waals surface area contributed by atoms with E-state index in [1.165, 1.54) is 18.9 Å². The Bertz CT molecular complexity index is 955. The van der Waals surface area contributed by atoms with Gasteiger partial charge in [-0.1, -0.05) is 30.3 Å². The van der Waals surface area contributed by atoms with E-state index in [0.29, 0.717) is 46.8 Å². The first-order chi connectivity index (χ1) is 15.7. The lowest BCUT2D eigenvalue weighted by molar-refractivity contribution is -0.162. The number of hydrogen-bond donors (Lipinski definition) is 1. The number of methoxy groups -OCH3 is 1. The van der Waals surface area contributed by atoms with Crippen LogP contribution in [0.4, 0.5) is 0 Å². The number of nitrogens with zero attached hydrogens (tertiary/aromatic N) is 3. The normalized spacial score (nSPS) is 11.7. The third-order valence-electron chi connectivity index (χ3n) is 4.64. The van der Waals surface area contributed by atoms with Gasteiger partial charge < -0.3 is 19.3 Å². The van der Waals surface area contributed by atoms with Crippen molar-refractivity contribution in [3.63, 3.8) is 0 Å². The summed E-state index contributed by atoms with van der Waals surface area (Å²) in [7, 11) is 1.52. The molecule has 2 rings (SSSR count). The van der Waals surface area contributed by atoms with Crippen LogP contribution in [0.25, 0.3) is 0 Å². The molecular weight excluding hydrogens is 470 g/mol. The van der Waals surface area contributed by atoms with Crippen LogP contribution in [0, 0.1) is 6.92 Å². The van der Waals surface area contributed by atoms with Gasteiger partial charge >= 0.3 is 11.9 Å². The quantitative estimate of drug-likeness (QED) is 0.105. The zero-order valence-electron chi connectivity index (χ0n) is 19.1. The maximum absolute atomic E-state index is 12.0. The van der Waals surface area contributed by atoms with Gasteiger partial charge in [0.2, 0.25) is 18.1 Å². The number of halogens is 1. The van der Waals surface area contributed by atoms with Crippen LogP contribution in [0.2, 0.25) is 5.15 Å². The number of hydrogen-bond acceptors (Lipinski definition) is 9. The third-order valence-corrected chi connectivity index (χ3v) is 5.84. The number of aryl methyl sites for hydroxylation is 1. The Morgan fingerprint density at radius 3 is 2.52 bits per heavy atom. The van der Waals surface area contributed by atoms with E-state index in [2.05, 4.69) is 15.0 Å². The van der Waals surface area contributed by atoms with Crippen molar-refractivity contribution in [2.24, 2.45) is 0 Å². The van der Waals surface area contributed by atoms with Gasteiger partial charge in [0.25, 0.3) is 0 Å². The molecule has 0 saturated carbocycles. The first kappa shape index (κ1) is 26.7. The van der Waals surface area contributed by atoms with Crippen molar-refractivity contribution >= 4 is 35.3 Å². The lowest BCUT2D eigenvalue weighted by Crippen LogP contribution is -2.22. The summed E-state index contributed by atoms with van der Waals surface area (Å²) in [6.07, 6.45) is 2.27. The molecule has 0 amide bonds. The molecule has 0 aliphatic carbocycles. The monoisotopic (exact) mass is 497 g/mol. The molecule has 9 nitrogen and oxygen atoms in total. The first-order valence-corrected chi connectivity index (χ1v) is 11.9. The molecule has 0 bridgehead atoms. The van der Waals surface area contributed by atoms with Crippen LogP contribution in [0.3, 0.4) is 0 Å². The number of esters is 1. The molecule has 2 heterocycles. The van der Waals surface area contributed by atoms with Crippen LogP contribution in [-0.2, 0) is 26.5 Å². The Labute approximate surface area is 202 Å². The number of rotatable bonds is 13. The number of ether oxygens (including phenoxy) is 3. The molecule has 0 saturated heterocycles. The van der Waals surface area contributed by atoms with Crippen LogP contribution in [0.5, 0.6) is 11.8 Å². The lowest BCUT2D eigenvalue weighted by Gasteiger charge is -2.18. The standard InChI is InChI=1S/C22H28ClN3O6S/c1-5-15-20(30-4)25-22(33-12-16-13(2)10-11-24-19(16)23)26-21(15)32-14(3)31-18(29)9-7-6-8-17(27)28/h10-11,14H,5-9,12H2,1-4H3,(H,27,28). The summed E-state index contributed by atoms with van der Waals surface area (Å²) in [6.45, 7) is 5.46. The smallest absolute Gasteiger partial charge is 0.308 e. The number of thioether (sulfide) groups is 1. The highest BCUT2D eigenvalue weighted by Gasteiger charge is 2.20. The molecule has 180 valence electrons. The van der Waals surface area contributed by atoms with Gasteiger partial charge in [0.15, 0.2) is 5.16 Å². The zero-order valence-corrected chi connectivity index (χ0v) is 20.7. The molecule has 0 aliphatic rings. The van der Waals surface area contributed by atoms with Crippen molar-refractivity contribution in [1.82, 2.24) is 15.0 Å². The first-order valence-electron chi connectivity index (χ1n) is 10.5. The van der Waals surface area contributed by atoms with Gasteiger partial charge in [-0.15, -0.1) is 0 Å². The average Bonchev–Trinajstić information content (AvgIpc) is 2.75. The van der Waals surface area contributed by atoms with E-state index in [1.807, 2.05) is 19.9 Å². The lowest BCUT2D eigenvalue weighted by atomic mass is 10.2. The minimum atomic E-state index is -0.894. The molecule has 0 fully saturated rings. The summed E-state index contributed by atoms with van der Waals surface area (Å²) in [5, 5.41) is 9.52. The maximum atomic E-state index is 12.0. The highest BCUT2D eigenvalue weighted by Crippen LogP contribution is 2.32. The molecule has 11 heteroatoms. The SMILES string of the molecule is CCc1c(OC)nc(SCc2c(C)ccnc2Cl)nc1OC(C)OC(=O)CCCCC(=O)O. The fourth-order valence-corrected chi connectivity index (χ4v) is 4.18. The minimum Gasteiger partial charge on any atom is -0.481 e. The van der Waals surface area contributed by atoms with Crippen molar-refractivity contribution in [2.75, 3.05) is 7.11 Å². The Morgan fingerprint density at radius 1 is 1.18 bits per heavy atom. The number of aromatic nitrogens is 3. The van der Waals surface area contributed by atoms with Gasteiger partial charge in [-0.05, 0) is 37.8 Å². The third kappa shape index (κ3) is 8.36. The second-order valence-electron chi connectivity index (χ2n) is 7.11. The predicted molar refractivity (Wildman–Crippen MR) is 124 cm³/mol. The van der Waals surface area contributed by atoms with Gasteiger partial charge in [-0.25, -0.2) is 4.98 Å². The van der Waals surface area contributed by atoms with Crippen molar-refractivity contribution in [2.45, 2.75) is 70.1 Å². The summed E-state index contributed by atoms with van der Waals surface area (Å²) in [6, 6.07) is 1.88. The predicted octanol–water partition coefficient (Wildman–Crippen LogP) is 4.61. The fourth-order valence-electron chi connectivity index (χ4n) is 2.90. The van der Waals surface area contributed by atoms with Crippen LogP contribution in [0.15, 0.2) is 17.4 Å². The van der Waals surface area contributed by atoms with Gasteiger partial charge in [0, 0.05) is 37.3 Å². The molecule has 1 unspecified atom stereocenters. The van der Waals surface area contributed by atoms with Gasteiger partial charge in [0.1, 0.15) is 5.15 Å². The second-order valence-corrected chi connectivity index (χ2v) is 8.42. The van der Waals surface area contributed by atoms with Crippen molar-refractivity contribution in [3.8, 4) is 11.8 Å². The summed E-state index contributed by atoms with van der Waals surface area (Å²) in [4.78, 5) is 35.7. The topological polar surface area (TPSA) is 121 Å². The number of carboxylic acids is 1. The Kier molecular flexibility index (Phi) is 10.7. The van der Waals surface area contributed by atoms with Crippen molar-refractivity contribution in [3.05, 3.63) is 34.1 Å². The van der Waals surface area contributed by atoms with Gasteiger partial charge in [0.05, 0.1) is 12.7 Å². The summed E-state index contributed by atoms with van der Waals surface area (Å²) < 4.78 is 16.5. The molecule has 1 atom stereocenters. The van der Waals surface area contributed by atoms with Crippen LogP contribution in [-0.4, -0.2) is 45.4 Å². The number of carbonyl (C=O) groups is 2. The van der Waals surface area contributed by atoms with E-state index in [4.69, 9.17) is 30.9 Å². The number of pyridine rings is 1. The number of carbonyl (C=O) groups excluding carboxylic acids is 1. The summed E-state index contributed by atoms with van der Waals surface area (Å²) >= 11 is 7.58. The zero-order chi connectivity index (χ0) is 24.4. The molecule has 33 heavy (non-hydrogen) atoms. The summed E-state index contributed by atoms with van der Waals surface area (Å²) in [5.74, 6) is -0.200. The Balaban J connectivity index is 2.08. The number of aliphatic carboxylic acids is 1. The van der Waals surface area contributed by atoms with Crippen LogP contribution in [0.1, 0.15) is 56.2 Å². The van der Waals surface area contributed by atoms with Crippen LogP contribution < -0.4 is 9.47 Å². The average molecular weight is 498 g/mol. The van der Waals surface area contributed by atoms with Crippen LogP contribution >= 0.6 is 23.4 Å². The van der Waals surface area contributed by atoms with Gasteiger partial charge in [-0.2, -0.15) is 9.97 Å². The van der Waals surface area contributed by atoms with Crippen molar-refractivity contribution < 1.29 is 28.9 Å². The van der Waals surface area contributed by atoms with E-state index in [9.17, 15) is 9.59 Å². The highest BCUT2D eigenvalue weighted by atomic mass is 35.5. The molecular formula is C22H28ClN3O6S. The Hall–Kier alpha value is -2.59. The van der Waals surface area contributed by atoms with E-state index < -0.39 is 18.2 Å². The van der Waals surface area contributed by atoms with Crippen molar-refractivity contribution in [1.29, 1.82) is 0 Å². The summed E-state index contributed by atoms with van der Waals surface area (Å²) in [5.41, 5.74) is 2.56. The molecule has 0 aromatic carbocycles. The van der Waals surface area contributed by atoms with E-state index in [-0.39, 0.29) is 18.7 Å². The highest BCUT2D eigenvalue weighted by molar-refractivity contribution is 7.98. The Morgan fingerprint density at radius 2 is 1.88 bits per heavy atom. The molecule has 0 spiro atoms. The fraction of sp³-hybridized carbons (Fsp3) is 0.500. The molecule has 1 N–H and O–H groups in total. The molecule has 0 aliphatic heterocycles. The molecule has 2 aromatic heterocycles.